The van der Waals surface area contributed by atoms with Crippen LogP contribution in [0.1, 0.15) is 11.1 Å². The first-order valence-electron chi connectivity index (χ1n) is 4.40. The van der Waals surface area contributed by atoms with Gasteiger partial charge < -0.3 is 4.74 Å². The number of benzene rings is 1. The third kappa shape index (κ3) is 1.64. The monoisotopic (exact) mass is 172 g/mol. The van der Waals surface area contributed by atoms with Gasteiger partial charge in [0, 0.05) is 0 Å². The summed E-state index contributed by atoms with van der Waals surface area (Å²) in [4.78, 5) is 0. The fourth-order valence-corrected chi connectivity index (χ4v) is 1.47. The number of allylic oxidation sites excluding steroid dienone is 3. The van der Waals surface area contributed by atoms with Crippen LogP contribution in [-0.4, -0.2) is 7.11 Å². The molecule has 0 bridgehead atoms. The minimum atomic E-state index is 0.922. The molecule has 66 valence electrons. The standard InChI is InChI=1S/C12H12O/c1-13-12-8-7-10-5-3-2-4-6-11(10)9-12/h2-4,6-9H,5H2,1H3. The van der Waals surface area contributed by atoms with E-state index in [1.54, 1.807) is 7.11 Å². The van der Waals surface area contributed by atoms with Crippen molar-refractivity contribution in [3.8, 4) is 5.75 Å². The van der Waals surface area contributed by atoms with Gasteiger partial charge in [0.25, 0.3) is 0 Å². The molecule has 0 radical (unpaired) electrons. The molecular formula is C12H12O. The summed E-state index contributed by atoms with van der Waals surface area (Å²) in [6, 6.07) is 6.19. The Labute approximate surface area is 78.3 Å². The fraction of sp³-hybridized carbons (Fsp3) is 0.167. The molecule has 1 aliphatic carbocycles. The summed E-state index contributed by atoms with van der Waals surface area (Å²) in [5.41, 5.74) is 2.61. The van der Waals surface area contributed by atoms with Gasteiger partial charge in [-0.25, -0.2) is 0 Å². The third-order valence-electron chi connectivity index (χ3n) is 2.21. The number of rotatable bonds is 1. The van der Waals surface area contributed by atoms with E-state index in [9.17, 15) is 0 Å². The lowest BCUT2D eigenvalue weighted by molar-refractivity contribution is 0.414. The molecule has 2 rings (SSSR count). The smallest absolute Gasteiger partial charge is 0.119 e. The molecule has 0 unspecified atom stereocenters. The Morgan fingerprint density at radius 1 is 1.23 bits per heavy atom. The Morgan fingerprint density at radius 2 is 2.15 bits per heavy atom. The van der Waals surface area contributed by atoms with Gasteiger partial charge in [-0.3, -0.25) is 0 Å². The number of ether oxygens (including phenoxy) is 1. The maximum Gasteiger partial charge on any atom is 0.119 e. The molecule has 0 N–H and O–H groups in total. The van der Waals surface area contributed by atoms with Crippen molar-refractivity contribution in [2.45, 2.75) is 6.42 Å². The Bertz CT molecular complexity index is 361. The molecule has 0 fully saturated rings. The van der Waals surface area contributed by atoms with Crippen LogP contribution in [0.2, 0.25) is 0 Å². The number of fused-ring (bicyclic) bond motifs is 1. The molecule has 1 aromatic rings. The number of hydrogen-bond donors (Lipinski definition) is 0. The molecule has 13 heavy (non-hydrogen) atoms. The predicted octanol–water partition coefficient (Wildman–Crippen LogP) is 2.82. The van der Waals surface area contributed by atoms with Crippen molar-refractivity contribution in [3.05, 3.63) is 47.6 Å². The molecule has 0 amide bonds. The van der Waals surface area contributed by atoms with Gasteiger partial charge in [0.15, 0.2) is 0 Å². The summed E-state index contributed by atoms with van der Waals surface area (Å²) in [5, 5.41) is 0. The summed E-state index contributed by atoms with van der Waals surface area (Å²) >= 11 is 0. The summed E-state index contributed by atoms with van der Waals surface area (Å²) < 4.78 is 5.17. The maximum atomic E-state index is 5.17. The lowest BCUT2D eigenvalue weighted by Gasteiger charge is -2.05. The molecule has 0 atom stereocenters. The van der Waals surface area contributed by atoms with E-state index in [0.717, 1.165) is 12.2 Å². The zero-order valence-electron chi connectivity index (χ0n) is 7.66. The van der Waals surface area contributed by atoms with Crippen molar-refractivity contribution < 1.29 is 4.74 Å². The Balaban J connectivity index is 2.45. The largest absolute Gasteiger partial charge is 0.497 e. The molecule has 1 heteroatoms. The van der Waals surface area contributed by atoms with E-state index in [4.69, 9.17) is 4.74 Å². The second-order valence-electron chi connectivity index (χ2n) is 3.06. The lowest BCUT2D eigenvalue weighted by atomic mass is 10.1. The average Bonchev–Trinajstić information content (AvgIpc) is 2.41. The van der Waals surface area contributed by atoms with Crippen molar-refractivity contribution in [3.63, 3.8) is 0 Å². The van der Waals surface area contributed by atoms with Crippen LogP contribution in [0.5, 0.6) is 5.75 Å². The highest BCUT2D eigenvalue weighted by molar-refractivity contribution is 5.59. The summed E-state index contributed by atoms with van der Waals surface area (Å²) in [6.07, 6.45) is 9.42. The van der Waals surface area contributed by atoms with E-state index >= 15 is 0 Å². The molecule has 0 aliphatic heterocycles. The first kappa shape index (κ1) is 8.11. The predicted molar refractivity (Wildman–Crippen MR) is 54.9 cm³/mol. The fourth-order valence-electron chi connectivity index (χ4n) is 1.47. The van der Waals surface area contributed by atoms with E-state index in [0.29, 0.717) is 0 Å². The minimum absolute atomic E-state index is 0.922. The first-order chi connectivity index (χ1) is 6.40. The van der Waals surface area contributed by atoms with Crippen LogP contribution in [0.3, 0.4) is 0 Å². The van der Waals surface area contributed by atoms with Crippen molar-refractivity contribution >= 4 is 6.08 Å². The number of hydrogen-bond acceptors (Lipinski definition) is 1. The van der Waals surface area contributed by atoms with Gasteiger partial charge >= 0.3 is 0 Å². The summed E-state index contributed by atoms with van der Waals surface area (Å²) in [7, 11) is 1.69. The zero-order valence-corrected chi connectivity index (χ0v) is 7.66. The first-order valence-corrected chi connectivity index (χ1v) is 4.40. The maximum absolute atomic E-state index is 5.17. The highest BCUT2D eigenvalue weighted by Gasteiger charge is 2.01. The van der Waals surface area contributed by atoms with Crippen molar-refractivity contribution in [2.24, 2.45) is 0 Å². The SMILES string of the molecule is COc1ccc2c(c1)C=CC=CC2. The van der Waals surface area contributed by atoms with E-state index in [-0.39, 0.29) is 0 Å². The Kier molecular flexibility index (Phi) is 2.17. The van der Waals surface area contributed by atoms with Gasteiger partial charge in [-0.2, -0.15) is 0 Å². The molecule has 0 saturated heterocycles. The topological polar surface area (TPSA) is 9.23 Å². The quantitative estimate of drug-likeness (QED) is 0.633. The highest BCUT2D eigenvalue weighted by atomic mass is 16.5. The number of methoxy groups -OCH3 is 1. The Hall–Kier alpha value is -1.50. The molecule has 0 heterocycles. The molecule has 1 aliphatic rings. The zero-order chi connectivity index (χ0) is 9.10. The second kappa shape index (κ2) is 3.48. The van der Waals surface area contributed by atoms with Crippen molar-refractivity contribution in [1.29, 1.82) is 0 Å². The summed E-state index contributed by atoms with van der Waals surface area (Å²) in [5.74, 6) is 0.922. The van der Waals surface area contributed by atoms with E-state index in [1.165, 1.54) is 11.1 Å². The van der Waals surface area contributed by atoms with Gasteiger partial charge in [0.1, 0.15) is 5.75 Å². The van der Waals surface area contributed by atoms with Crippen LogP contribution in [0, 0.1) is 0 Å². The van der Waals surface area contributed by atoms with Crippen molar-refractivity contribution in [1.82, 2.24) is 0 Å². The van der Waals surface area contributed by atoms with Gasteiger partial charge in [-0.1, -0.05) is 30.4 Å². The summed E-state index contributed by atoms with van der Waals surface area (Å²) in [6.45, 7) is 0. The Morgan fingerprint density at radius 3 is 3.00 bits per heavy atom. The molecule has 1 aromatic carbocycles. The van der Waals surface area contributed by atoms with Crippen LogP contribution in [0.15, 0.2) is 36.4 Å². The lowest BCUT2D eigenvalue weighted by Crippen LogP contribution is -1.88. The van der Waals surface area contributed by atoms with Gasteiger partial charge in [-0.05, 0) is 29.7 Å². The minimum Gasteiger partial charge on any atom is -0.497 e. The van der Waals surface area contributed by atoms with E-state index in [2.05, 4.69) is 36.4 Å². The van der Waals surface area contributed by atoms with Crippen LogP contribution in [0.25, 0.3) is 6.08 Å². The van der Waals surface area contributed by atoms with Gasteiger partial charge in [0.2, 0.25) is 0 Å². The molecular weight excluding hydrogens is 160 g/mol. The average molecular weight is 172 g/mol. The van der Waals surface area contributed by atoms with Crippen LogP contribution < -0.4 is 4.74 Å². The molecule has 1 nitrogen and oxygen atoms in total. The molecule has 0 saturated carbocycles. The van der Waals surface area contributed by atoms with Crippen LogP contribution >= 0.6 is 0 Å². The molecule has 0 spiro atoms. The van der Waals surface area contributed by atoms with Crippen molar-refractivity contribution in [2.75, 3.05) is 7.11 Å². The third-order valence-corrected chi connectivity index (χ3v) is 2.21. The molecule has 0 aromatic heterocycles. The second-order valence-corrected chi connectivity index (χ2v) is 3.06. The van der Waals surface area contributed by atoms with Crippen LogP contribution in [-0.2, 0) is 6.42 Å². The van der Waals surface area contributed by atoms with Crippen LogP contribution in [0.4, 0.5) is 0 Å². The van der Waals surface area contributed by atoms with Gasteiger partial charge in [-0.15, -0.1) is 0 Å². The highest BCUT2D eigenvalue weighted by Crippen LogP contribution is 2.21. The van der Waals surface area contributed by atoms with E-state index in [1.807, 2.05) is 6.07 Å². The van der Waals surface area contributed by atoms with Gasteiger partial charge in [0.05, 0.1) is 7.11 Å². The normalized spacial score (nSPS) is 13.6. The van der Waals surface area contributed by atoms with E-state index < -0.39 is 0 Å².